The predicted molar refractivity (Wildman–Crippen MR) is 123 cm³/mol. The Bertz CT molecular complexity index is 1370. The number of benzene rings is 3. The van der Waals surface area contributed by atoms with Crippen molar-refractivity contribution in [1.82, 2.24) is 10.9 Å². The number of aryl methyl sites for hydroxylation is 1. The molecule has 0 unspecified atom stereocenters. The van der Waals surface area contributed by atoms with Crippen LogP contribution in [0, 0.1) is 17.0 Å². The number of hydrogen-bond acceptors (Lipinski definition) is 7. The number of amides is 2. The van der Waals surface area contributed by atoms with Gasteiger partial charge in [0.1, 0.15) is 5.75 Å². The van der Waals surface area contributed by atoms with Gasteiger partial charge >= 0.3 is 0 Å². The second-order valence-corrected chi connectivity index (χ2v) is 8.68. The molecule has 0 aliphatic rings. The molecule has 3 rings (SSSR count). The molecule has 0 bridgehead atoms. The molecular formula is C22H20N4O7S. The van der Waals surface area contributed by atoms with Crippen LogP contribution in [0.3, 0.4) is 0 Å². The summed E-state index contributed by atoms with van der Waals surface area (Å²) in [5, 5.41) is 10.9. The van der Waals surface area contributed by atoms with E-state index in [1.54, 1.807) is 18.2 Å². The second-order valence-electron chi connectivity index (χ2n) is 7.00. The molecule has 3 aromatic carbocycles. The Hall–Kier alpha value is -4.45. The number of carbonyl (C=O) groups is 2. The highest BCUT2D eigenvalue weighted by Gasteiger charge is 2.19. The van der Waals surface area contributed by atoms with Crippen LogP contribution in [0.4, 0.5) is 11.4 Å². The predicted octanol–water partition coefficient (Wildman–Crippen LogP) is 2.79. The van der Waals surface area contributed by atoms with Gasteiger partial charge in [-0.3, -0.25) is 35.3 Å². The molecule has 0 aliphatic carbocycles. The van der Waals surface area contributed by atoms with Crippen LogP contribution >= 0.6 is 0 Å². The number of para-hydroxylation sites is 2. The molecule has 0 heterocycles. The first kappa shape index (κ1) is 24.2. The van der Waals surface area contributed by atoms with E-state index in [1.165, 1.54) is 56.5 Å². The normalized spacial score (nSPS) is 10.8. The topological polar surface area (TPSA) is 157 Å². The van der Waals surface area contributed by atoms with Gasteiger partial charge in [-0.25, -0.2) is 8.42 Å². The molecule has 0 atom stereocenters. The number of nitrogens with one attached hydrogen (secondary N) is 3. The van der Waals surface area contributed by atoms with E-state index < -0.39 is 26.8 Å². The zero-order chi connectivity index (χ0) is 24.9. The van der Waals surface area contributed by atoms with Gasteiger partial charge in [0.2, 0.25) is 0 Å². The van der Waals surface area contributed by atoms with Crippen molar-refractivity contribution in [2.45, 2.75) is 11.8 Å². The number of sulfonamides is 1. The van der Waals surface area contributed by atoms with Crippen molar-refractivity contribution >= 4 is 33.2 Å². The fourth-order valence-electron chi connectivity index (χ4n) is 3.00. The highest BCUT2D eigenvalue weighted by Crippen LogP contribution is 2.26. The van der Waals surface area contributed by atoms with Crippen LogP contribution in [0.25, 0.3) is 0 Å². The number of hydrazine groups is 1. The van der Waals surface area contributed by atoms with Crippen molar-refractivity contribution in [3.63, 3.8) is 0 Å². The maximum atomic E-state index is 12.8. The number of anilines is 1. The molecule has 12 heteroatoms. The van der Waals surface area contributed by atoms with Crippen LogP contribution < -0.4 is 20.3 Å². The molecule has 0 aromatic heterocycles. The molecule has 3 aromatic rings. The van der Waals surface area contributed by atoms with Crippen molar-refractivity contribution < 1.29 is 27.7 Å². The first-order chi connectivity index (χ1) is 16.1. The van der Waals surface area contributed by atoms with Crippen LogP contribution in [-0.4, -0.2) is 32.3 Å². The Morgan fingerprint density at radius 2 is 1.56 bits per heavy atom. The lowest BCUT2D eigenvalue weighted by Crippen LogP contribution is -2.41. The van der Waals surface area contributed by atoms with Gasteiger partial charge in [0, 0.05) is 22.8 Å². The van der Waals surface area contributed by atoms with Gasteiger partial charge in [-0.15, -0.1) is 0 Å². The minimum Gasteiger partial charge on any atom is -0.495 e. The Morgan fingerprint density at radius 3 is 2.18 bits per heavy atom. The molecule has 0 saturated carbocycles. The number of nitro benzene ring substituents is 1. The van der Waals surface area contributed by atoms with Crippen molar-refractivity contribution in [2.75, 3.05) is 11.8 Å². The van der Waals surface area contributed by atoms with Gasteiger partial charge in [0.05, 0.1) is 22.6 Å². The van der Waals surface area contributed by atoms with Gasteiger partial charge in [-0.05, 0) is 49.4 Å². The fraction of sp³-hybridized carbons (Fsp3) is 0.0909. The van der Waals surface area contributed by atoms with Crippen LogP contribution in [0.15, 0.2) is 71.6 Å². The Balaban J connectivity index is 1.71. The second kappa shape index (κ2) is 10.0. The molecule has 0 aliphatic heterocycles. The summed E-state index contributed by atoms with van der Waals surface area (Å²) in [5.74, 6) is -1.14. The smallest absolute Gasteiger partial charge is 0.272 e. The summed E-state index contributed by atoms with van der Waals surface area (Å²) in [6.07, 6.45) is 0. The monoisotopic (exact) mass is 484 g/mol. The first-order valence-electron chi connectivity index (χ1n) is 9.74. The van der Waals surface area contributed by atoms with Gasteiger partial charge in [0.15, 0.2) is 0 Å². The number of hydrogen-bond donors (Lipinski definition) is 3. The zero-order valence-corrected chi connectivity index (χ0v) is 18.9. The summed E-state index contributed by atoms with van der Waals surface area (Å²) in [7, 11) is -2.64. The lowest BCUT2D eigenvalue weighted by Gasteiger charge is -2.12. The Kier molecular flexibility index (Phi) is 7.12. The molecular weight excluding hydrogens is 464 g/mol. The average molecular weight is 484 g/mol. The fourth-order valence-corrected chi connectivity index (χ4v) is 4.11. The SMILES string of the molecule is COc1ccccc1NS(=O)(=O)c1cccc(C(=O)NNC(=O)c2ccc([N+](=O)[O-])c(C)c2)c1. The summed E-state index contributed by atoms with van der Waals surface area (Å²) in [6, 6.07) is 15.4. The van der Waals surface area contributed by atoms with Crippen molar-refractivity contribution in [2.24, 2.45) is 0 Å². The maximum Gasteiger partial charge on any atom is 0.272 e. The standard InChI is InChI=1S/C22H20N4O7S/c1-14-12-16(10-11-19(14)26(29)30)22(28)24-23-21(27)15-6-5-7-17(13-15)34(31,32)25-18-8-3-4-9-20(18)33-2/h3-13,25H,1-2H3,(H,23,27)(H,24,28). The Morgan fingerprint density at radius 1 is 0.912 bits per heavy atom. The van der Waals surface area contributed by atoms with E-state index in [1.807, 2.05) is 0 Å². The van der Waals surface area contributed by atoms with Crippen LogP contribution in [0.5, 0.6) is 5.75 Å². The summed E-state index contributed by atoms with van der Waals surface area (Å²) >= 11 is 0. The highest BCUT2D eigenvalue weighted by molar-refractivity contribution is 7.92. The number of ether oxygens (including phenoxy) is 1. The number of methoxy groups -OCH3 is 1. The third-order valence-electron chi connectivity index (χ3n) is 4.70. The number of nitro groups is 1. The molecule has 34 heavy (non-hydrogen) atoms. The molecule has 0 spiro atoms. The third kappa shape index (κ3) is 5.48. The van der Waals surface area contributed by atoms with Crippen molar-refractivity contribution in [1.29, 1.82) is 0 Å². The van der Waals surface area contributed by atoms with E-state index in [0.717, 1.165) is 6.07 Å². The van der Waals surface area contributed by atoms with Crippen LogP contribution in [0.1, 0.15) is 26.3 Å². The van der Waals surface area contributed by atoms with Gasteiger partial charge in [-0.1, -0.05) is 18.2 Å². The third-order valence-corrected chi connectivity index (χ3v) is 6.07. The maximum absolute atomic E-state index is 12.8. The molecule has 0 fully saturated rings. The summed E-state index contributed by atoms with van der Waals surface area (Å²) in [6.45, 7) is 1.48. The quantitative estimate of drug-likeness (QED) is 0.344. The van der Waals surface area contributed by atoms with Crippen molar-refractivity contribution in [3.8, 4) is 5.75 Å². The number of carbonyl (C=O) groups excluding carboxylic acids is 2. The molecule has 11 nitrogen and oxygen atoms in total. The average Bonchev–Trinajstić information content (AvgIpc) is 2.82. The molecule has 0 saturated heterocycles. The Labute approximate surface area is 194 Å². The molecule has 2 amide bonds. The largest absolute Gasteiger partial charge is 0.495 e. The molecule has 176 valence electrons. The number of rotatable bonds is 7. The highest BCUT2D eigenvalue weighted by atomic mass is 32.2. The van der Waals surface area contributed by atoms with Crippen molar-refractivity contribution in [3.05, 3.63) is 93.5 Å². The van der Waals surface area contributed by atoms with Gasteiger partial charge in [0.25, 0.3) is 27.5 Å². The van der Waals surface area contributed by atoms with E-state index in [2.05, 4.69) is 15.6 Å². The van der Waals surface area contributed by atoms with E-state index in [9.17, 15) is 28.1 Å². The van der Waals surface area contributed by atoms with E-state index in [0.29, 0.717) is 5.75 Å². The first-order valence-corrected chi connectivity index (χ1v) is 11.2. The summed E-state index contributed by atoms with van der Waals surface area (Å²) in [4.78, 5) is 34.9. The molecule has 0 radical (unpaired) electrons. The lowest BCUT2D eigenvalue weighted by atomic mass is 10.1. The summed E-state index contributed by atoms with van der Waals surface area (Å²) in [5.41, 5.74) is 4.83. The molecule has 3 N–H and O–H groups in total. The van der Waals surface area contributed by atoms with E-state index in [-0.39, 0.29) is 33.0 Å². The summed E-state index contributed by atoms with van der Waals surface area (Å²) < 4.78 is 33.1. The van der Waals surface area contributed by atoms with Crippen LogP contribution in [-0.2, 0) is 10.0 Å². The zero-order valence-electron chi connectivity index (χ0n) is 18.1. The van der Waals surface area contributed by atoms with Crippen LogP contribution in [0.2, 0.25) is 0 Å². The van der Waals surface area contributed by atoms with Gasteiger partial charge < -0.3 is 4.74 Å². The number of nitrogens with zero attached hydrogens (tertiary/aromatic N) is 1. The van der Waals surface area contributed by atoms with Gasteiger partial charge in [-0.2, -0.15) is 0 Å². The van der Waals surface area contributed by atoms with E-state index in [4.69, 9.17) is 4.74 Å². The van der Waals surface area contributed by atoms with E-state index >= 15 is 0 Å². The minimum atomic E-state index is -4.04. The lowest BCUT2D eigenvalue weighted by molar-refractivity contribution is -0.385. The minimum absolute atomic E-state index is 0.0249.